The van der Waals surface area contributed by atoms with E-state index < -0.39 is 0 Å². The highest BCUT2D eigenvalue weighted by atomic mass is 32.1. The molecule has 0 aliphatic heterocycles. The normalized spacial score (nSPS) is 15.7. The van der Waals surface area contributed by atoms with Crippen molar-refractivity contribution >= 4 is 70.5 Å². The quantitative estimate of drug-likeness (QED) is 0.176. The van der Waals surface area contributed by atoms with Crippen LogP contribution in [0.1, 0.15) is 52.7 Å². The number of anilines is 3. The molecule has 0 radical (unpaired) electrons. The molecule has 54 heavy (non-hydrogen) atoms. The first-order chi connectivity index (χ1) is 26.0. The van der Waals surface area contributed by atoms with Crippen molar-refractivity contribution in [1.82, 2.24) is 0 Å². The molecule has 0 bridgehead atoms. The lowest BCUT2D eigenvalue weighted by molar-refractivity contribution is 0.125. The van der Waals surface area contributed by atoms with E-state index in [9.17, 15) is 0 Å². The third-order valence-electron chi connectivity index (χ3n) is 13.4. The van der Waals surface area contributed by atoms with Crippen molar-refractivity contribution in [3.05, 3.63) is 163 Å². The summed E-state index contributed by atoms with van der Waals surface area (Å²) < 4.78 is 8.99. The van der Waals surface area contributed by atoms with Gasteiger partial charge in [0.15, 0.2) is 0 Å². The fourth-order valence-corrected chi connectivity index (χ4v) is 10.4. The number of para-hydroxylation sites is 1. The van der Waals surface area contributed by atoms with E-state index in [4.69, 9.17) is 4.42 Å². The number of benzene rings is 7. The molecule has 1 aliphatic rings. The molecule has 0 fully saturated rings. The molecule has 0 saturated heterocycles. The summed E-state index contributed by atoms with van der Waals surface area (Å²) in [5.41, 5.74) is 12.9. The Balaban J connectivity index is 1.30. The largest absolute Gasteiger partial charge is 0.456 e. The van der Waals surface area contributed by atoms with Gasteiger partial charge in [0.05, 0.1) is 5.69 Å². The second kappa shape index (κ2) is 11.7. The molecule has 0 unspecified atom stereocenters. The van der Waals surface area contributed by atoms with E-state index in [0.29, 0.717) is 0 Å². The Bertz CT molecular complexity index is 2910. The second-order valence-electron chi connectivity index (χ2n) is 16.6. The molecule has 10 rings (SSSR count). The molecule has 0 amide bonds. The zero-order chi connectivity index (χ0) is 37.0. The number of furan rings is 1. The van der Waals surface area contributed by atoms with Gasteiger partial charge in [-0.25, -0.2) is 0 Å². The Morgan fingerprint density at radius 2 is 1.07 bits per heavy atom. The second-order valence-corrected chi connectivity index (χ2v) is 17.6. The van der Waals surface area contributed by atoms with Crippen LogP contribution in [0.2, 0.25) is 0 Å². The maximum absolute atomic E-state index is 6.35. The molecule has 264 valence electrons. The van der Waals surface area contributed by atoms with Gasteiger partial charge in [0.2, 0.25) is 0 Å². The standard InChI is InChI=1S/C51H43NOS/c1-49(2)42-30-40(39-20-14-19-38-37-18-11-13-22-47(37)54-48(38)39)44(31-43(42)50(3,4)51(49,5)6)52(34-25-23-33(24-26-34)32-15-8-7-9-16-32)35-27-28-46-41(29-35)36-17-10-12-21-45(36)53-46/h7-31H,1-6H3. The molecule has 2 nitrogen and oxygen atoms in total. The lowest BCUT2D eigenvalue weighted by Gasteiger charge is -2.44. The van der Waals surface area contributed by atoms with Crippen molar-refractivity contribution < 1.29 is 4.42 Å². The molecular formula is C51H43NOS. The van der Waals surface area contributed by atoms with Gasteiger partial charge in [-0.1, -0.05) is 139 Å². The van der Waals surface area contributed by atoms with Crippen LogP contribution in [0, 0.1) is 5.41 Å². The van der Waals surface area contributed by atoms with Crippen molar-refractivity contribution in [3.63, 3.8) is 0 Å². The highest BCUT2D eigenvalue weighted by Gasteiger charge is 2.57. The number of nitrogens with zero attached hydrogens (tertiary/aromatic N) is 1. The Labute approximate surface area is 321 Å². The minimum Gasteiger partial charge on any atom is -0.456 e. The first-order valence-electron chi connectivity index (χ1n) is 19.0. The Hall–Kier alpha value is -5.64. The summed E-state index contributed by atoms with van der Waals surface area (Å²) in [5.74, 6) is 0. The van der Waals surface area contributed by atoms with Crippen LogP contribution in [0.15, 0.2) is 156 Å². The minimum atomic E-state index is -0.0731. The summed E-state index contributed by atoms with van der Waals surface area (Å²) in [6, 6.07) is 55.6. The highest BCUT2D eigenvalue weighted by Crippen LogP contribution is 2.63. The van der Waals surface area contributed by atoms with Crippen molar-refractivity contribution in [1.29, 1.82) is 0 Å². The zero-order valence-electron chi connectivity index (χ0n) is 31.7. The average Bonchev–Trinajstić information content (AvgIpc) is 3.79. The maximum Gasteiger partial charge on any atom is 0.135 e. The molecule has 0 atom stereocenters. The number of hydrogen-bond donors (Lipinski definition) is 0. The van der Waals surface area contributed by atoms with E-state index in [1.54, 1.807) is 0 Å². The SMILES string of the molecule is CC1(C)c2cc(-c3cccc4c3sc3ccccc34)c(N(c3ccc(-c4ccccc4)cc3)c3ccc4oc5ccccc5c4c3)cc2C(C)(C)C1(C)C. The third kappa shape index (κ3) is 4.64. The third-order valence-corrected chi connectivity index (χ3v) is 14.6. The van der Waals surface area contributed by atoms with Gasteiger partial charge in [-0.05, 0) is 93.1 Å². The number of rotatable bonds is 5. The van der Waals surface area contributed by atoms with Crippen molar-refractivity contribution in [2.45, 2.75) is 52.4 Å². The first-order valence-corrected chi connectivity index (χ1v) is 19.8. The van der Waals surface area contributed by atoms with Gasteiger partial charge in [0.25, 0.3) is 0 Å². The highest BCUT2D eigenvalue weighted by molar-refractivity contribution is 7.26. The summed E-state index contributed by atoms with van der Waals surface area (Å²) >= 11 is 1.90. The lowest BCUT2D eigenvalue weighted by atomic mass is 9.59. The lowest BCUT2D eigenvalue weighted by Crippen LogP contribution is -2.42. The smallest absolute Gasteiger partial charge is 0.135 e. The minimum absolute atomic E-state index is 0.0125. The van der Waals surface area contributed by atoms with Gasteiger partial charge in [0.1, 0.15) is 11.2 Å². The van der Waals surface area contributed by atoms with Crippen LogP contribution in [0.5, 0.6) is 0 Å². The molecule has 2 aromatic heterocycles. The number of thiophene rings is 1. The first kappa shape index (κ1) is 33.0. The molecule has 0 spiro atoms. The van der Waals surface area contributed by atoms with Crippen LogP contribution in [0.4, 0.5) is 17.1 Å². The zero-order valence-corrected chi connectivity index (χ0v) is 32.5. The van der Waals surface area contributed by atoms with Crippen LogP contribution < -0.4 is 4.90 Å². The van der Waals surface area contributed by atoms with Gasteiger partial charge in [-0.3, -0.25) is 0 Å². The summed E-state index contributed by atoms with van der Waals surface area (Å²) in [6.07, 6.45) is 0. The van der Waals surface area contributed by atoms with Crippen LogP contribution in [0.3, 0.4) is 0 Å². The van der Waals surface area contributed by atoms with Gasteiger partial charge in [-0.15, -0.1) is 11.3 Å². The van der Waals surface area contributed by atoms with Crippen LogP contribution in [-0.2, 0) is 10.8 Å². The molecule has 0 saturated carbocycles. The fourth-order valence-electron chi connectivity index (χ4n) is 9.15. The molecule has 7 aromatic carbocycles. The molecule has 0 N–H and O–H groups in total. The summed E-state index contributed by atoms with van der Waals surface area (Å²) in [7, 11) is 0. The molecular weight excluding hydrogens is 675 g/mol. The molecule has 9 aromatic rings. The van der Waals surface area contributed by atoms with Gasteiger partial charge in [0, 0.05) is 53.4 Å². The number of hydrogen-bond acceptors (Lipinski definition) is 3. The van der Waals surface area contributed by atoms with Crippen molar-refractivity contribution in [3.8, 4) is 22.3 Å². The van der Waals surface area contributed by atoms with E-state index in [2.05, 4.69) is 192 Å². The average molecular weight is 718 g/mol. The van der Waals surface area contributed by atoms with Gasteiger partial charge >= 0.3 is 0 Å². The van der Waals surface area contributed by atoms with E-state index in [1.165, 1.54) is 59.2 Å². The van der Waals surface area contributed by atoms with E-state index in [0.717, 1.165) is 33.3 Å². The summed E-state index contributed by atoms with van der Waals surface area (Å²) in [6.45, 7) is 14.7. The van der Waals surface area contributed by atoms with E-state index >= 15 is 0 Å². The Morgan fingerprint density at radius 3 is 1.85 bits per heavy atom. The monoisotopic (exact) mass is 717 g/mol. The van der Waals surface area contributed by atoms with Crippen LogP contribution in [0.25, 0.3) is 64.4 Å². The van der Waals surface area contributed by atoms with E-state index in [-0.39, 0.29) is 16.2 Å². The van der Waals surface area contributed by atoms with Gasteiger partial charge < -0.3 is 9.32 Å². The van der Waals surface area contributed by atoms with Crippen molar-refractivity contribution in [2.75, 3.05) is 4.90 Å². The van der Waals surface area contributed by atoms with Crippen LogP contribution in [-0.4, -0.2) is 0 Å². The molecule has 3 heteroatoms. The predicted molar refractivity (Wildman–Crippen MR) is 232 cm³/mol. The van der Waals surface area contributed by atoms with Crippen LogP contribution >= 0.6 is 11.3 Å². The summed E-state index contributed by atoms with van der Waals surface area (Å²) in [4.78, 5) is 2.49. The molecule has 1 aliphatic carbocycles. The topological polar surface area (TPSA) is 16.4 Å². The fraction of sp³-hybridized carbons (Fsp3) is 0.176. The number of fused-ring (bicyclic) bond motifs is 7. The Morgan fingerprint density at radius 1 is 0.463 bits per heavy atom. The Kier molecular flexibility index (Phi) is 7.13. The predicted octanol–water partition coefficient (Wildman–Crippen LogP) is 15.4. The maximum atomic E-state index is 6.35. The van der Waals surface area contributed by atoms with E-state index in [1.807, 2.05) is 17.4 Å². The summed E-state index contributed by atoms with van der Waals surface area (Å²) in [5, 5.41) is 4.87. The van der Waals surface area contributed by atoms with Gasteiger partial charge in [-0.2, -0.15) is 0 Å². The van der Waals surface area contributed by atoms with Crippen molar-refractivity contribution in [2.24, 2.45) is 5.41 Å². The molecule has 2 heterocycles.